The van der Waals surface area contributed by atoms with Crippen LogP contribution in [0.25, 0.3) is 0 Å². The van der Waals surface area contributed by atoms with E-state index < -0.39 is 82.1 Å². The first-order valence-electron chi connectivity index (χ1n) is 17.8. The van der Waals surface area contributed by atoms with E-state index in [0.29, 0.717) is 27.8 Å². The molecule has 3 heterocycles. The lowest BCUT2D eigenvalue weighted by Gasteiger charge is -2.50. The maximum Gasteiger partial charge on any atom is 0.433 e. The van der Waals surface area contributed by atoms with Gasteiger partial charge in [-0.3, -0.25) is 29.6 Å². The molecule has 1 saturated carbocycles. The number of fused-ring (bicyclic) bond motifs is 4. The number of anilines is 2. The first kappa shape index (κ1) is 39.4. The zero-order valence-electron chi connectivity index (χ0n) is 30.2. The monoisotopic (exact) mass is 857 g/mol. The van der Waals surface area contributed by atoms with Gasteiger partial charge in [-0.15, -0.1) is 0 Å². The number of aromatic hydroxyl groups is 1. The molecule has 2 N–H and O–H groups in total. The Balaban J connectivity index is 1.30. The number of hydrogen-bond acceptors (Lipinski definition) is 9. The van der Waals surface area contributed by atoms with Gasteiger partial charge in [-0.1, -0.05) is 58.6 Å². The number of nitrogens with one attached hydrogen (secondary N) is 1. The Labute approximate surface area is 342 Å². The molecule has 6 atom stereocenters. The number of halogens is 7. The normalized spacial score (nSPS) is 25.3. The summed E-state index contributed by atoms with van der Waals surface area (Å²) in [5.41, 5.74) is 1.20. The predicted molar refractivity (Wildman–Crippen MR) is 203 cm³/mol. The smallest absolute Gasteiger partial charge is 0.433 e. The topological polar surface area (TPSA) is 132 Å². The highest BCUT2D eigenvalue weighted by Crippen LogP contribution is 2.65. The molecule has 300 valence electrons. The van der Waals surface area contributed by atoms with Gasteiger partial charge in [-0.05, 0) is 90.6 Å². The fourth-order valence-electron chi connectivity index (χ4n) is 9.14. The molecule has 4 aliphatic rings. The molecule has 2 saturated heterocycles. The highest BCUT2D eigenvalue weighted by molar-refractivity contribution is 6.33. The van der Waals surface area contributed by atoms with Gasteiger partial charge in [0, 0.05) is 18.0 Å². The largest absolute Gasteiger partial charge is 0.503 e. The molecule has 2 aliphatic heterocycles. The van der Waals surface area contributed by atoms with Crippen LogP contribution in [0, 0.1) is 29.5 Å². The average Bonchev–Trinajstić information content (AvgIpc) is 3.57. The Morgan fingerprint density at radius 2 is 1.60 bits per heavy atom. The molecule has 58 heavy (non-hydrogen) atoms. The summed E-state index contributed by atoms with van der Waals surface area (Å²) in [7, 11) is 2.51. The maximum atomic E-state index is 15.3. The van der Waals surface area contributed by atoms with E-state index >= 15 is 4.79 Å². The zero-order chi connectivity index (χ0) is 41.6. The van der Waals surface area contributed by atoms with Crippen LogP contribution in [0.1, 0.15) is 35.6 Å². The van der Waals surface area contributed by atoms with E-state index in [0.717, 1.165) is 33.2 Å². The lowest BCUT2D eigenvalue weighted by molar-refractivity contribution is -0.142. The molecule has 18 heteroatoms. The van der Waals surface area contributed by atoms with Crippen LogP contribution >= 0.6 is 34.8 Å². The van der Waals surface area contributed by atoms with Crippen LogP contribution in [0.15, 0.2) is 84.4 Å². The lowest BCUT2D eigenvalue weighted by atomic mass is 9.49. The number of rotatable bonds is 7. The number of carbonyl (C=O) groups is 4. The number of ether oxygens (including phenoxy) is 1. The van der Waals surface area contributed by atoms with Gasteiger partial charge >= 0.3 is 6.18 Å². The summed E-state index contributed by atoms with van der Waals surface area (Å²) in [5, 5.41) is 13.2. The molecule has 3 fully saturated rings. The minimum Gasteiger partial charge on any atom is -0.503 e. The van der Waals surface area contributed by atoms with Crippen molar-refractivity contribution in [2.45, 2.75) is 30.4 Å². The first-order valence-corrected chi connectivity index (χ1v) is 18.9. The number of phenolic OH excluding ortho intramolecular Hbond substituents is 1. The summed E-state index contributed by atoms with van der Waals surface area (Å²) in [6, 6.07) is 15.9. The van der Waals surface area contributed by atoms with Crippen molar-refractivity contribution < 1.29 is 46.6 Å². The minimum absolute atomic E-state index is 0.0321. The second kappa shape index (κ2) is 14.2. The van der Waals surface area contributed by atoms with Crippen LogP contribution in [0.5, 0.6) is 11.5 Å². The van der Waals surface area contributed by atoms with Crippen molar-refractivity contribution >= 4 is 69.9 Å². The number of carbonyl (C=O) groups excluding carboxylic acids is 4. The predicted octanol–water partition coefficient (Wildman–Crippen LogP) is 7.95. The summed E-state index contributed by atoms with van der Waals surface area (Å²) in [6.45, 7) is 0. The summed E-state index contributed by atoms with van der Waals surface area (Å²) in [4.78, 5) is 62.7. The van der Waals surface area contributed by atoms with Gasteiger partial charge in [0.15, 0.2) is 17.3 Å². The van der Waals surface area contributed by atoms with Crippen molar-refractivity contribution in [3.63, 3.8) is 0 Å². The van der Waals surface area contributed by atoms with Crippen LogP contribution < -0.4 is 15.2 Å². The number of nitrogens with zero attached hydrogens (tertiary/aromatic N) is 4. The standard InChI is InChI=1S/C40H30Cl3F4N5O6/c1-50(34-27(42)13-14-30(48-34)40(45,46)47)52-35(54)24-12-11-23-25(31(24)37(52)56)17-26-36(55)51(49-22-9-7-21(44)8-10-22)38(57)39(26,19-3-5-20(41)6-4-19)32(23)18-15-28(43)33(53)29(16-18)58-2/h3-11,13-16,24-26,31-32,49,53H,12,17H2,1-2H3. The van der Waals surface area contributed by atoms with Crippen molar-refractivity contribution in [1.29, 1.82) is 0 Å². The fraction of sp³-hybridized carbons (Fsp3) is 0.275. The van der Waals surface area contributed by atoms with Gasteiger partial charge in [0.05, 0.1) is 46.0 Å². The lowest BCUT2D eigenvalue weighted by Crippen LogP contribution is -2.53. The molecule has 0 bridgehead atoms. The van der Waals surface area contributed by atoms with E-state index in [9.17, 15) is 37.1 Å². The molecule has 2 aliphatic carbocycles. The molecular weight excluding hydrogens is 829 g/mol. The number of hydrazine groups is 2. The molecule has 11 nitrogen and oxygen atoms in total. The first-order chi connectivity index (χ1) is 27.5. The van der Waals surface area contributed by atoms with Crippen LogP contribution in [0.3, 0.4) is 0 Å². The third-order valence-electron chi connectivity index (χ3n) is 11.6. The number of allylic oxidation sites excluding steroid dienone is 2. The second-order valence-electron chi connectivity index (χ2n) is 14.4. The van der Waals surface area contributed by atoms with E-state index in [1.54, 1.807) is 30.3 Å². The molecule has 8 rings (SSSR count). The third-order valence-corrected chi connectivity index (χ3v) is 12.4. The Morgan fingerprint density at radius 1 is 0.914 bits per heavy atom. The summed E-state index contributed by atoms with van der Waals surface area (Å²) < 4.78 is 60.5. The molecule has 0 spiro atoms. The van der Waals surface area contributed by atoms with Gasteiger partial charge in [0.1, 0.15) is 11.5 Å². The van der Waals surface area contributed by atoms with Gasteiger partial charge < -0.3 is 9.84 Å². The van der Waals surface area contributed by atoms with E-state index in [1.807, 2.05) is 0 Å². The average molecular weight is 859 g/mol. The molecule has 4 aromatic rings. The van der Waals surface area contributed by atoms with Crippen LogP contribution in [-0.4, -0.2) is 57.9 Å². The number of benzene rings is 3. The van der Waals surface area contributed by atoms with E-state index in [1.165, 1.54) is 38.4 Å². The second-order valence-corrected chi connectivity index (χ2v) is 15.7. The van der Waals surface area contributed by atoms with Gasteiger partial charge in [-0.2, -0.15) is 23.2 Å². The minimum atomic E-state index is -4.86. The quantitative estimate of drug-likeness (QED) is 0.108. The van der Waals surface area contributed by atoms with Crippen LogP contribution in [0.4, 0.5) is 29.1 Å². The Bertz CT molecular complexity index is 2440. The van der Waals surface area contributed by atoms with E-state index in [2.05, 4.69) is 10.4 Å². The molecule has 0 radical (unpaired) electrons. The molecule has 1 aromatic heterocycles. The van der Waals surface area contributed by atoms with Crippen molar-refractivity contribution in [2.24, 2.45) is 23.7 Å². The molecular formula is C40H30Cl3F4N5O6. The van der Waals surface area contributed by atoms with Crippen molar-refractivity contribution in [3.05, 3.63) is 122 Å². The number of alkyl halides is 3. The summed E-state index contributed by atoms with van der Waals surface area (Å²) in [5.74, 6) is -9.78. The van der Waals surface area contributed by atoms with Gasteiger partial charge in [-0.25, -0.2) is 9.37 Å². The van der Waals surface area contributed by atoms with E-state index in [4.69, 9.17) is 39.5 Å². The SMILES string of the molecule is COc1cc(C2C3=CCC4C(=O)N(N(C)c5nc(C(F)(F)F)ccc5Cl)C(=O)C4C3CC3C(=O)N(Nc4ccc(F)cc4)C(=O)C32c2ccc(Cl)cc2)cc(Cl)c1O. The number of imide groups is 2. The third kappa shape index (κ3) is 5.96. The van der Waals surface area contributed by atoms with Crippen LogP contribution in [0.2, 0.25) is 15.1 Å². The Morgan fingerprint density at radius 3 is 2.26 bits per heavy atom. The van der Waals surface area contributed by atoms with Crippen molar-refractivity contribution in [3.8, 4) is 11.5 Å². The van der Waals surface area contributed by atoms with Crippen molar-refractivity contribution in [1.82, 2.24) is 15.0 Å². The maximum absolute atomic E-state index is 15.3. The highest BCUT2D eigenvalue weighted by atomic mass is 35.5. The van der Waals surface area contributed by atoms with Gasteiger partial charge in [0.25, 0.3) is 23.6 Å². The number of hydrogen-bond donors (Lipinski definition) is 2. The number of amides is 4. The number of aromatic nitrogens is 1. The fourth-order valence-corrected chi connectivity index (χ4v) is 9.71. The number of phenols is 1. The van der Waals surface area contributed by atoms with E-state index in [-0.39, 0.29) is 40.1 Å². The Kier molecular flexibility index (Phi) is 9.64. The molecule has 4 amide bonds. The highest BCUT2D eigenvalue weighted by Gasteiger charge is 2.70. The zero-order valence-corrected chi connectivity index (χ0v) is 32.5. The summed E-state index contributed by atoms with van der Waals surface area (Å²) in [6.07, 6.45) is -3.28. The van der Waals surface area contributed by atoms with Crippen molar-refractivity contribution in [2.75, 3.05) is 24.6 Å². The molecule has 6 unspecified atom stereocenters. The van der Waals surface area contributed by atoms with Gasteiger partial charge in [0.2, 0.25) is 0 Å². The summed E-state index contributed by atoms with van der Waals surface area (Å²) >= 11 is 19.2. The van der Waals surface area contributed by atoms with Crippen LogP contribution in [-0.2, 0) is 30.8 Å². The molecule has 3 aromatic carbocycles. The number of methoxy groups -OCH3 is 1. The number of pyridine rings is 1. The Hall–Kier alpha value is -5.38.